The molecule has 0 N–H and O–H groups in total. The maximum atomic E-state index is 12.6. The van der Waals surface area contributed by atoms with Crippen LogP contribution in [-0.2, 0) is 16.1 Å². The Morgan fingerprint density at radius 3 is 2.46 bits per heavy atom. The largest absolute Gasteiger partial charge is 0.490 e. The van der Waals surface area contributed by atoms with Crippen molar-refractivity contribution in [1.82, 2.24) is 0 Å². The van der Waals surface area contributed by atoms with Crippen LogP contribution in [0.3, 0.4) is 0 Å². The summed E-state index contributed by atoms with van der Waals surface area (Å²) in [7, 11) is 0. The predicted molar refractivity (Wildman–Crippen MR) is 92.7 cm³/mol. The normalized spacial score (nSPS) is 21.8. The summed E-state index contributed by atoms with van der Waals surface area (Å²) in [4.78, 5) is 12.2. The molecule has 2 rings (SSSR count). The Bertz CT molecular complexity index is 693. The summed E-state index contributed by atoms with van der Waals surface area (Å²) in [5.74, 6) is -1.11. The summed E-state index contributed by atoms with van der Waals surface area (Å²) in [6.45, 7) is 7.41. The second kappa shape index (κ2) is 7.74. The summed E-state index contributed by atoms with van der Waals surface area (Å²) < 4.78 is 48.3. The fourth-order valence-electron chi connectivity index (χ4n) is 2.77. The number of esters is 1. The molecule has 7 heteroatoms. The van der Waals surface area contributed by atoms with Crippen LogP contribution in [0.4, 0.5) is 13.2 Å². The molecule has 0 amide bonds. The third-order valence-corrected chi connectivity index (χ3v) is 4.77. The van der Waals surface area contributed by atoms with E-state index in [0.717, 1.165) is 11.6 Å². The van der Waals surface area contributed by atoms with Crippen molar-refractivity contribution >= 4 is 17.6 Å². The van der Waals surface area contributed by atoms with E-state index in [1.807, 2.05) is 0 Å². The van der Waals surface area contributed by atoms with E-state index in [2.05, 4.69) is 6.58 Å². The van der Waals surface area contributed by atoms with Crippen LogP contribution < -0.4 is 4.74 Å². The standard InChI is InChI=1S/C19H20ClF3O3/c1-4-9-25-13-7-5-12(6-8-13)11-26-17(24)16-14(18(16,2)3)10-15(20)19(21,22)23/h4-8,10,14,16H,1,9,11H2,2-3H3/b15-10-/t14-,16-/m1/s1. The van der Waals surface area contributed by atoms with Gasteiger partial charge in [0.1, 0.15) is 24.0 Å². The van der Waals surface area contributed by atoms with Gasteiger partial charge in [0.15, 0.2) is 0 Å². The first-order valence-corrected chi connectivity index (χ1v) is 8.39. The zero-order chi connectivity index (χ0) is 19.5. The summed E-state index contributed by atoms with van der Waals surface area (Å²) in [5, 5.41) is -1.21. The monoisotopic (exact) mass is 388 g/mol. The lowest BCUT2D eigenvalue weighted by atomic mass is 10.1. The molecule has 0 saturated heterocycles. The van der Waals surface area contributed by atoms with Gasteiger partial charge in [0.05, 0.1) is 5.92 Å². The summed E-state index contributed by atoms with van der Waals surface area (Å²) in [6.07, 6.45) is -2.08. The van der Waals surface area contributed by atoms with Gasteiger partial charge in [0.25, 0.3) is 0 Å². The van der Waals surface area contributed by atoms with Crippen LogP contribution in [0.1, 0.15) is 19.4 Å². The van der Waals surface area contributed by atoms with E-state index in [-0.39, 0.29) is 6.61 Å². The molecule has 1 aliphatic rings. The molecule has 26 heavy (non-hydrogen) atoms. The predicted octanol–water partition coefficient (Wildman–Crippen LogP) is 5.25. The van der Waals surface area contributed by atoms with Crippen molar-refractivity contribution in [2.75, 3.05) is 6.61 Å². The maximum absolute atomic E-state index is 12.6. The zero-order valence-electron chi connectivity index (χ0n) is 14.5. The van der Waals surface area contributed by atoms with Crippen LogP contribution in [0.2, 0.25) is 0 Å². The molecule has 1 aromatic rings. The molecule has 0 spiro atoms. The van der Waals surface area contributed by atoms with E-state index in [0.29, 0.717) is 12.4 Å². The molecule has 1 saturated carbocycles. The number of benzene rings is 1. The van der Waals surface area contributed by atoms with Gasteiger partial charge >= 0.3 is 12.1 Å². The van der Waals surface area contributed by atoms with Crippen molar-refractivity contribution in [2.24, 2.45) is 17.3 Å². The molecule has 1 aromatic carbocycles. The lowest BCUT2D eigenvalue weighted by Crippen LogP contribution is -2.11. The Morgan fingerprint density at radius 2 is 1.92 bits per heavy atom. The third-order valence-electron chi connectivity index (χ3n) is 4.43. The van der Waals surface area contributed by atoms with Crippen LogP contribution in [0.5, 0.6) is 5.75 Å². The fraction of sp³-hybridized carbons (Fsp3) is 0.421. The topological polar surface area (TPSA) is 35.5 Å². The van der Waals surface area contributed by atoms with Crippen molar-refractivity contribution < 1.29 is 27.4 Å². The molecule has 0 heterocycles. The lowest BCUT2D eigenvalue weighted by Gasteiger charge is -2.07. The van der Waals surface area contributed by atoms with Gasteiger partial charge in [-0.05, 0) is 29.0 Å². The quantitative estimate of drug-likeness (QED) is 0.472. The summed E-state index contributed by atoms with van der Waals surface area (Å²) >= 11 is 5.28. The molecule has 1 aliphatic carbocycles. The summed E-state index contributed by atoms with van der Waals surface area (Å²) in [5.41, 5.74) is 0.133. The smallest absolute Gasteiger partial charge is 0.426 e. The Kier molecular flexibility index (Phi) is 6.06. The average Bonchev–Trinajstić information content (AvgIpc) is 3.11. The van der Waals surface area contributed by atoms with Crippen molar-refractivity contribution in [3.8, 4) is 5.75 Å². The van der Waals surface area contributed by atoms with Crippen molar-refractivity contribution in [2.45, 2.75) is 26.6 Å². The highest BCUT2D eigenvalue weighted by Gasteiger charge is 2.62. The highest BCUT2D eigenvalue weighted by atomic mass is 35.5. The van der Waals surface area contributed by atoms with Gasteiger partial charge in [-0.1, -0.05) is 56.3 Å². The minimum absolute atomic E-state index is 0.0383. The van der Waals surface area contributed by atoms with Crippen LogP contribution in [0.25, 0.3) is 0 Å². The van der Waals surface area contributed by atoms with Crippen LogP contribution >= 0.6 is 11.6 Å². The third kappa shape index (κ3) is 4.81. The number of rotatable bonds is 7. The van der Waals surface area contributed by atoms with Crippen molar-refractivity contribution in [3.05, 3.63) is 53.6 Å². The molecule has 0 aromatic heterocycles. The van der Waals surface area contributed by atoms with Crippen LogP contribution in [0, 0.1) is 17.3 Å². The Morgan fingerprint density at radius 1 is 1.31 bits per heavy atom. The highest BCUT2D eigenvalue weighted by Crippen LogP contribution is 2.60. The van der Waals surface area contributed by atoms with Gasteiger partial charge in [0.2, 0.25) is 0 Å². The second-order valence-corrected chi connectivity index (χ2v) is 7.10. The molecule has 2 atom stereocenters. The number of halogens is 4. The van der Waals surface area contributed by atoms with E-state index in [4.69, 9.17) is 21.1 Å². The van der Waals surface area contributed by atoms with Crippen molar-refractivity contribution in [3.63, 3.8) is 0 Å². The Labute approximate surface area is 155 Å². The van der Waals surface area contributed by atoms with Gasteiger partial charge in [-0.15, -0.1) is 0 Å². The van der Waals surface area contributed by atoms with E-state index in [1.165, 1.54) is 0 Å². The number of ether oxygens (including phenoxy) is 2. The van der Waals surface area contributed by atoms with Crippen molar-refractivity contribution in [1.29, 1.82) is 0 Å². The van der Waals surface area contributed by atoms with E-state index >= 15 is 0 Å². The molecule has 142 valence electrons. The van der Waals surface area contributed by atoms with Gasteiger partial charge in [-0.3, -0.25) is 4.79 Å². The molecule has 0 bridgehead atoms. The Balaban J connectivity index is 1.93. The van der Waals surface area contributed by atoms with Crippen LogP contribution in [-0.4, -0.2) is 18.8 Å². The molecular formula is C19H20ClF3O3. The SMILES string of the molecule is C=CCOc1ccc(COC(=O)[C@H]2[C@@H](/C=C(\Cl)C(F)(F)F)C2(C)C)cc1. The molecule has 0 radical (unpaired) electrons. The van der Waals surface area contributed by atoms with Gasteiger partial charge < -0.3 is 9.47 Å². The maximum Gasteiger partial charge on any atom is 0.426 e. The number of hydrogen-bond donors (Lipinski definition) is 0. The molecular weight excluding hydrogens is 369 g/mol. The van der Waals surface area contributed by atoms with E-state index < -0.39 is 34.4 Å². The van der Waals surface area contributed by atoms with Gasteiger partial charge in [-0.2, -0.15) is 13.2 Å². The number of alkyl halides is 3. The van der Waals surface area contributed by atoms with Gasteiger partial charge in [-0.25, -0.2) is 0 Å². The first kappa shape index (κ1) is 20.4. The molecule has 0 unspecified atom stereocenters. The molecule has 3 nitrogen and oxygen atoms in total. The van der Waals surface area contributed by atoms with Gasteiger partial charge in [0, 0.05) is 0 Å². The van der Waals surface area contributed by atoms with Crippen LogP contribution in [0.15, 0.2) is 48.0 Å². The number of carbonyl (C=O) groups excluding carboxylic acids is 1. The molecule has 0 aliphatic heterocycles. The minimum atomic E-state index is -4.61. The number of hydrogen-bond acceptors (Lipinski definition) is 3. The minimum Gasteiger partial charge on any atom is -0.490 e. The first-order valence-electron chi connectivity index (χ1n) is 8.01. The molecule has 1 fully saturated rings. The highest BCUT2D eigenvalue weighted by molar-refractivity contribution is 6.30. The lowest BCUT2D eigenvalue weighted by molar-refractivity contribution is -0.147. The summed E-state index contributed by atoms with van der Waals surface area (Å²) in [6, 6.07) is 6.98. The zero-order valence-corrected chi connectivity index (χ0v) is 15.2. The average molecular weight is 389 g/mol. The second-order valence-electron chi connectivity index (χ2n) is 6.69. The number of carbonyl (C=O) groups is 1. The Hall–Kier alpha value is -1.95. The number of allylic oxidation sites excluding steroid dienone is 2. The van der Waals surface area contributed by atoms with E-state index in [1.54, 1.807) is 44.2 Å². The first-order chi connectivity index (χ1) is 12.1. The van der Waals surface area contributed by atoms with E-state index in [9.17, 15) is 18.0 Å². The fourth-order valence-corrected chi connectivity index (χ4v) is 2.91.